The van der Waals surface area contributed by atoms with Crippen LogP contribution in [0, 0.1) is 5.92 Å². The van der Waals surface area contributed by atoms with Crippen LogP contribution in [-0.2, 0) is 6.54 Å². The molecule has 32 heavy (non-hydrogen) atoms. The minimum Gasteiger partial charge on any atom is -0.493 e. The molecular weight excluding hydrogens is 410 g/mol. The molecule has 1 aliphatic rings. The van der Waals surface area contributed by atoms with Gasteiger partial charge in [0, 0.05) is 31.1 Å². The number of hydrogen-bond donors (Lipinski definition) is 2. The maximum atomic E-state index is 12.2. The number of fused-ring (bicyclic) bond motifs is 1. The van der Waals surface area contributed by atoms with E-state index in [0.717, 1.165) is 49.1 Å². The first-order valence-electron chi connectivity index (χ1n) is 11.1. The van der Waals surface area contributed by atoms with Crippen molar-refractivity contribution in [1.82, 2.24) is 19.5 Å². The van der Waals surface area contributed by atoms with Gasteiger partial charge in [-0.25, -0.2) is 14.8 Å². The molecule has 0 bridgehead atoms. The lowest BCUT2D eigenvalue weighted by molar-refractivity contribution is 0.339. The van der Waals surface area contributed by atoms with Crippen LogP contribution in [0.4, 0.5) is 5.82 Å². The van der Waals surface area contributed by atoms with Crippen molar-refractivity contribution < 1.29 is 14.6 Å². The van der Waals surface area contributed by atoms with Gasteiger partial charge in [-0.2, -0.15) is 0 Å². The molecule has 1 fully saturated rings. The molecule has 1 aliphatic heterocycles. The number of nitrogens with zero attached hydrogens (tertiary/aromatic N) is 4. The normalized spacial score (nSPS) is 15.0. The number of rotatable bonds is 7. The van der Waals surface area contributed by atoms with Crippen LogP contribution < -0.4 is 20.1 Å². The smallest absolute Gasteiger partial charge is 0.328 e. The van der Waals surface area contributed by atoms with Gasteiger partial charge in [0.1, 0.15) is 12.1 Å². The highest BCUT2D eigenvalue weighted by Gasteiger charge is 2.24. The van der Waals surface area contributed by atoms with E-state index in [-0.39, 0.29) is 17.5 Å². The maximum Gasteiger partial charge on any atom is 0.328 e. The summed E-state index contributed by atoms with van der Waals surface area (Å²) in [4.78, 5) is 26.2. The van der Waals surface area contributed by atoms with Crippen LogP contribution in [-0.4, -0.2) is 51.9 Å². The molecule has 0 atom stereocenters. The molecule has 3 heterocycles. The summed E-state index contributed by atoms with van der Waals surface area (Å²) in [6.45, 7) is 6.17. The second kappa shape index (κ2) is 9.10. The molecule has 0 saturated carbocycles. The third-order valence-electron chi connectivity index (χ3n) is 6.36. The van der Waals surface area contributed by atoms with Gasteiger partial charge in [-0.15, -0.1) is 0 Å². The molecular formula is C23H31N5O4. The highest BCUT2D eigenvalue weighted by atomic mass is 16.5. The van der Waals surface area contributed by atoms with E-state index in [2.05, 4.69) is 19.9 Å². The molecule has 1 aromatic carbocycles. The Morgan fingerprint density at radius 1 is 1.16 bits per heavy atom. The Hall–Kier alpha value is -3.23. The molecule has 0 aliphatic carbocycles. The van der Waals surface area contributed by atoms with Crippen LogP contribution in [0.1, 0.15) is 44.7 Å². The Labute approximate surface area is 187 Å². The van der Waals surface area contributed by atoms with Crippen molar-refractivity contribution in [2.24, 2.45) is 5.92 Å². The molecule has 3 aromatic rings. The van der Waals surface area contributed by atoms with E-state index in [1.807, 2.05) is 26.0 Å². The highest BCUT2D eigenvalue weighted by molar-refractivity contribution is 5.92. The van der Waals surface area contributed by atoms with E-state index in [1.165, 1.54) is 4.57 Å². The lowest BCUT2D eigenvalue weighted by Crippen LogP contribution is -2.35. The zero-order chi connectivity index (χ0) is 22.8. The first kappa shape index (κ1) is 22.0. The van der Waals surface area contributed by atoms with Crippen molar-refractivity contribution in [3.63, 3.8) is 0 Å². The van der Waals surface area contributed by atoms with Crippen LogP contribution in [0.25, 0.3) is 10.9 Å². The summed E-state index contributed by atoms with van der Waals surface area (Å²) in [6, 6.07) is 3.81. The van der Waals surface area contributed by atoms with Crippen molar-refractivity contribution in [3.8, 4) is 17.4 Å². The summed E-state index contributed by atoms with van der Waals surface area (Å²) in [5.41, 5.74) is 1.19. The van der Waals surface area contributed by atoms with Crippen molar-refractivity contribution in [2.75, 3.05) is 32.2 Å². The van der Waals surface area contributed by atoms with Gasteiger partial charge in [0.25, 0.3) is 0 Å². The average molecular weight is 442 g/mol. The molecule has 4 rings (SSSR count). The molecule has 0 amide bonds. The predicted octanol–water partition coefficient (Wildman–Crippen LogP) is 3.27. The van der Waals surface area contributed by atoms with Gasteiger partial charge >= 0.3 is 5.69 Å². The van der Waals surface area contributed by atoms with E-state index in [9.17, 15) is 9.90 Å². The van der Waals surface area contributed by atoms with Crippen molar-refractivity contribution in [2.45, 2.75) is 45.6 Å². The number of piperidine rings is 1. The largest absolute Gasteiger partial charge is 0.493 e. The van der Waals surface area contributed by atoms with Crippen LogP contribution >= 0.6 is 0 Å². The van der Waals surface area contributed by atoms with E-state index in [4.69, 9.17) is 9.47 Å². The van der Waals surface area contributed by atoms with E-state index < -0.39 is 0 Å². The van der Waals surface area contributed by atoms with Gasteiger partial charge in [0.05, 0.1) is 25.4 Å². The average Bonchev–Trinajstić information content (AvgIpc) is 3.10. The molecule has 0 radical (unpaired) electrons. The number of nitrogens with one attached hydrogen (secondary N) is 1. The summed E-state index contributed by atoms with van der Waals surface area (Å²) in [5, 5.41) is 11.3. The number of ether oxygens (including phenoxy) is 2. The van der Waals surface area contributed by atoms with Gasteiger partial charge in [-0.05, 0) is 37.2 Å². The Balaban J connectivity index is 1.44. The van der Waals surface area contributed by atoms with Crippen LogP contribution in [0.15, 0.2) is 23.3 Å². The van der Waals surface area contributed by atoms with Gasteiger partial charge in [-0.3, -0.25) is 4.57 Å². The topological polar surface area (TPSA) is 106 Å². The number of hydrogen-bond acceptors (Lipinski definition) is 7. The zero-order valence-electron chi connectivity index (χ0n) is 19.1. The summed E-state index contributed by atoms with van der Waals surface area (Å²) in [7, 11) is 3.23. The SMILES string of the molecule is COc1cc2ncnc(N3CCC(CCn4c(O)c(C(C)C)[nH]c4=O)CC3)c2cc1OC. The van der Waals surface area contributed by atoms with E-state index in [0.29, 0.717) is 29.7 Å². The molecule has 0 unspecified atom stereocenters. The zero-order valence-corrected chi connectivity index (χ0v) is 19.1. The summed E-state index contributed by atoms with van der Waals surface area (Å²) in [5.74, 6) is 2.83. The van der Waals surface area contributed by atoms with E-state index >= 15 is 0 Å². The number of aromatic hydroxyl groups is 1. The number of benzene rings is 1. The number of methoxy groups -OCH3 is 2. The monoisotopic (exact) mass is 441 g/mol. The molecule has 0 spiro atoms. The Bertz CT molecular complexity index is 1150. The standard InChI is InChI=1S/C23H31N5O4/c1-14(2)20-22(29)28(23(30)26-20)10-7-15-5-8-27(9-6-15)21-16-11-18(31-3)19(32-4)12-17(16)24-13-25-21/h11-15,29H,5-10H2,1-4H3,(H,26,30). The summed E-state index contributed by atoms with van der Waals surface area (Å²) in [6.07, 6.45) is 4.43. The number of H-pyrrole nitrogens is 1. The fourth-order valence-corrected chi connectivity index (χ4v) is 4.46. The molecule has 172 valence electrons. The molecule has 9 nitrogen and oxygen atoms in total. The van der Waals surface area contributed by atoms with Crippen molar-refractivity contribution in [3.05, 3.63) is 34.6 Å². The Morgan fingerprint density at radius 2 is 1.84 bits per heavy atom. The van der Waals surface area contributed by atoms with Gasteiger partial charge < -0.3 is 24.5 Å². The fraction of sp³-hybridized carbons (Fsp3) is 0.522. The third-order valence-corrected chi connectivity index (χ3v) is 6.36. The molecule has 9 heteroatoms. The summed E-state index contributed by atoms with van der Waals surface area (Å²) >= 11 is 0. The molecule has 1 saturated heterocycles. The van der Waals surface area contributed by atoms with Gasteiger partial charge in [0.2, 0.25) is 5.88 Å². The minimum atomic E-state index is -0.236. The van der Waals surface area contributed by atoms with Crippen LogP contribution in [0.5, 0.6) is 17.4 Å². The first-order chi connectivity index (χ1) is 15.4. The second-order valence-corrected chi connectivity index (χ2v) is 8.61. The second-order valence-electron chi connectivity index (χ2n) is 8.61. The molecule has 2 aromatic heterocycles. The first-order valence-corrected chi connectivity index (χ1v) is 11.1. The number of anilines is 1. The van der Waals surface area contributed by atoms with Crippen molar-refractivity contribution in [1.29, 1.82) is 0 Å². The summed E-state index contributed by atoms with van der Waals surface area (Å²) < 4.78 is 12.3. The predicted molar refractivity (Wildman–Crippen MR) is 123 cm³/mol. The number of aromatic amines is 1. The minimum absolute atomic E-state index is 0.0688. The number of imidazole rings is 1. The fourth-order valence-electron chi connectivity index (χ4n) is 4.46. The Kier molecular flexibility index (Phi) is 6.25. The van der Waals surface area contributed by atoms with Gasteiger partial charge in [-0.1, -0.05) is 13.8 Å². The Morgan fingerprint density at radius 3 is 2.47 bits per heavy atom. The van der Waals surface area contributed by atoms with Crippen LogP contribution in [0.2, 0.25) is 0 Å². The lowest BCUT2D eigenvalue weighted by Gasteiger charge is -2.33. The lowest BCUT2D eigenvalue weighted by atomic mass is 9.93. The highest BCUT2D eigenvalue weighted by Crippen LogP contribution is 2.36. The van der Waals surface area contributed by atoms with Gasteiger partial charge in [0.15, 0.2) is 11.5 Å². The van der Waals surface area contributed by atoms with Crippen LogP contribution in [0.3, 0.4) is 0 Å². The van der Waals surface area contributed by atoms with E-state index in [1.54, 1.807) is 20.5 Å². The number of aromatic nitrogens is 4. The maximum absolute atomic E-state index is 12.2. The third kappa shape index (κ3) is 4.11. The molecule has 2 N–H and O–H groups in total. The quantitative estimate of drug-likeness (QED) is 0.580. The van der Waals surface area contributed by atoms with Crippen molar-refractivity contribution >= 4 is 16.7 Å².